The van der Waals surface area contributed by atoms with Crippen molar-refractivity contribution in [3.8, 4) is 0 Å². The molecule has 1 unspecified atom stereocenters. The predicted octanol–water partition coefficient (Wildman–Crippen LogP) is 3.26. The van der Waals surface area contributed by atoms with E-state index in [1.54, 1.807) is 48.5 Å². The highest BCUT2D eigenvalue weighted by Crippen LogP contribution is 2.14. The van der Waals surface area contributed by atoms with Gasteiger partial charge in [-0.05, 0) is 48.9 Å². The van der Waals surface area contributed by atoms with Crippen LogP contribution in [0.25, 0.3) is 0 Å². The third-order valence-electron chi connectivity index (χ3n) is 3.15. The molecule has 0 amide bonds. The lowest BCUT2D eigenvalue weighted by Gasteiger charge is -2.12. The molecule has 0 spiro atoms. The second-order valence-corrected chi connectivity index (χ2v) is 5.21. The normalized spacial score (nSPS) is 11.8. The summed E-state index contributed by atoms with van der Waals surface area (Å²) < 4.78 is 5.17. The largest absolute Gasteiger partial charge is 0.451 e. The topological polar surface area (TPSA) is 63.6 Å². The number of carbonyl (C=O) groups is 2. The van der Waals surface area contributed by atoms with Crippen molar-refractivity contribution >= 4 is 23.4 Å². The highest BCUT2D eigenvalue weighted by Gasteiger charge is 2.20. The number of rotatable bonds is 5. The zero-order chi connectivity index (χ0) is 16.1. The van der Waals surface area contributed by atoms with E-state index < -0.39 is 12.1 Å². The molecule has 2 rings (SSSR count). The van der Waals surface area contributed by atoms with Gasteiger partial charge < -0.3 is 9.84 Å². The number of esters is 1. The van der Waals surface area contributed by atoms with Crippen LogP contribution in [0.15, 0.2) is 48.5 Å². The van der Waals surface area contributed by atoms with Gasteiger partial charge in [-0.2, -0.15) is 0 Å². The third-order valence-corrected chi connectivity index (χ3v) is 3.41. The first-order valence-corrected chi connectivity index (χ1v) is 7.09. The average Bonchev–Trinajstić information content (AvgIpc) is 2.54. The zero-order valence-corrected chi connectivity index (χ0v) is 12.7. The summed E-state index contributed by atoms with van der Waals surface area (Å²) in [4.78, 5) is 24.2. The van der Waals surface area contributed by atoms with E-state index in [-0.39, 0.29) is 12.4 Å². The molecular formula is C17H15ClO4. The number of hydrogen-bond donors (Lipinski definition) is 1. The number of carbonyl (C=O) groups excluding carboxylic acids is 2. The first-order chi connectivity index (χ1) is 10.5. The van der Waals surface area contributed by atoms with Crippen molar-refractivity contribution < 1.29 is 19.4 Å². The van der Waals surface area contributed by atoms with Crippen molar-refractivity contribution in [2.75, 3.05) is 0 Å². The Morgan fingerprint density at radius 3 is 2.14 bits per heavy atom. The van der Waals surface area contributed by atoms with Gasteiger partial charge in [0.1, 0.15) is 0 Å². The molecule has 0 aromatic heterocycles. The van der Waals surface area contributed by atoms with Crippen LogP contribution in [0.2, 0.25) is 5.02 Å². The molecular weight excluding hydrogens is 304 g/mol. The van der Waals surface area contributed by atoms with Crippen LogP contribution < -0.4 is 0 Å². The van der Waals surface area contributed by atoms with Gasteiger partial charge in [-0.25, -0.2) is 4.79 Å². The number of aliphatic hydroxyl groups excluding tert-OH is 1. The summed E-state index contributed by atoms with van der Waals surface area (Å²) in [5.41, 5.74) is 1.45. The fourth-order valence-corrected chi connectivity index (χ4v) is 2.00. The van der Waals surface area contributed by atoms with Crippen molar-refractivity contribution in [3.05, 3.63) is 70.2 Å². The molecule has 0 saturated heterocycles. The van der Waals surface area contributed by atoms with E-state index >= 15 is 0 Å². The van der Waals surface area contributed by atoms with Gasteiger partial charge >= 0.3 is 5.97 Å². The van der Waals surface area contributed by atoms with Crippen molar-refractivity contribution in [3.63, 3.8) is 0 Å². The van der Waals surface area contributed by atoms with Gasteiger partial charge in [0.25, 0.3) is 0 Å². The highest BCUT2D eigenvalue weighted by atomic mass is 35.5. The van der Waals surface area contributed by atoms with Crippen LogP contribution in [0.5, 0.6) is 0 Å². The van der Waals surface area contributed by atoms with Crippen LogP contribution in [0.3, 0.4) is 0 Å². The second-order valence-electron chi connectivity index (χ2n) is 4.77. The van der Waals surface area contributed by atoms with E-state index in [2.05, 4.69) is 0 Å². The van der Waals surface area contributed by atoms with E-state index in [0.717, 1.165) is 0 Å². The van der Waals surface area contributed by atoms with Gasteiger partial charge in [0.2, 0.25) is 5.78 Å². The Bertz CT molecular complexity index is 662. The average molecular weight is 319 g/mol. The van der Waals surface area contributed by atoms with Crippen molar-refractivity contribution in [1.82, 2.24) is 0 Å². The molecule has 0 aliphatic rings. The molecule has 22 heavy (non-hydrogen) atoms. The Hall–Kier alpha value is -2.17. The number of benzene rings is 2. The zero-order valence-electron chi connectivity index (χ0n) is 12.0. The van der Waals surface area contributed by atoms with E-state index in [9.17, 15) is 9.59 Å². The maximum Gasteiger partial charge on any atom is 0.338 e. The summed E-state index contributed by atoms with van der Waals surface area (Å²) in [6, 6.07) is 12.7. The molecule has 1 atom stereocenters. The number of ketones is 1. The Morgan fingerprint density at radius 2 is 1.59 bits per heavy atom. The van der Waals surface area contributed by atoms with Gasteiger partial charge in [0, 0.05) is 10.6 Å². The Balaban J connectivity index is 2.03. The lowest BCUT2D eigenvalue weighted by molar-refractivity contribution is 0.0319. The molecule has 1 N–H and O–H groups in total. The maximum atomic E-state index is 12.2. The fraction of sp³-hybridized carbons (Fsp3) is 0.176. The quantitative estimate of drug-likeness (QED) is 0.679. The van der Waals surface area contributed by atoms with E-state index in [1.165, 1.54) is 6.92 Å². The lowest BCUT2D eigenvalue weighted by Crippen LogP contribution is -2.24. The van der Waals surface area contributed by atoms with Crippen LogP contribution in [-0.4, -0.2) is 23.0 Å². The third kappa shape index (κ3) is 3.93. The van der Waals surface area contributed by atoms with Crippen LogP contribution in [-0.2, 0) is 11.3 Å². The molecule has 0 aliphatic carbocycles. The molecule has 114 valence electrons. The van der Waals surface area contributed by atoms with Crippen molar-refractivity contribution in [2.24, 2.45) is 0 Å². The van der Waals surface area contributed by atoms with Gasteiger partial charge in [-0.1, -0.05) is 23.7 Å². The predicted molar refractivity (Wildman–Crippen MR) is 83.0 cm³/mol. The molecule has 0 bridgehead atoms. The molecule has 4 nitrogen and oxygen atoms in total. The van der Waals surface area contributed by atoms with E-state index in [0.29, 0.717) is 21.7 Å². The summed E-state index contributed by atoms with van der Waals surface area (Å²) in [5, 5.41) is 9.49. The molecule has 2 aromatic rings. The number of aliphatic hydroxyl groups is 1. The van der Waals surface area contributed by atoms with Gasteiger partial charge in [-0.3, -0.25) is 4.79 Å². The summed E-state index contributed by atoms with van der Waals surface area (Å²) in [7, 11) is 0. The lowest BCUT2D eigenvalue weighted by atomic mass is 10.1. The van der Waals surface area contributed by atoms with Gasteiger partial charge in [0.05, 0.1) is 12.2 Å². The second kappa shape index (κ2) is 7.20. The smallest absolute Gasteiger partial charge is 0.338 e. The number of halogens is 1. The summed E-state index contributed by atoms with van der Waals surface area (Å²) in [6.45, 7) is 1.43. The SMILES string of the molecule is CC(OC(=O)c1ccc(CO)cc1)C(=O)c1ccc(Cl)cc1. The van der Waals surface area contributed by atoms with Crippen LogP contribution >= 0.6 is 11.6 Å². The monoisotopic (exact) mass is 318 g/mol. The number of hydrogen-bond acceptors (Lipinski definition) is 4. The molecule has 5 heteroatoms. The first-order valence-electron chi connectivity index (χ1n) is 6.72. The summed E-state index contributed by atoms with van der Waals surface area (Å²) >= 11 is 5.77. The minimum absolute atomic E-state index is 0.0964. The molecule has 2 aromatic carbocycles. The van der Waals surface area contributed by atoms with Crippen molar-refractivity contribution in [2.45, 2.75) is 19.6 Å². The van der Waals surface area contributed by atoms with E-state index in [4.69, 9.17) is 21.4 Å². The Labute approximate surface area is 133 Å². The molecule has 0 radical (unpaired) electrons. The maximum absolute atomic E-state index is 12.2. The fourth-order valence-electron chi connectivity index (χ4n) is 1.88. The standard InChI is InChI=1S/C17H15ClO4/c1-11(16(20)13-6-8-15(18)9-7-13)22-17(21)14-4-2-12(10-19)3-5-14/h2-9,11,19H,10H2,1H3. The molecule has 0 fully saturated rings. The molecule has 0 heterocycles. The van der Waals surface area contributed by atoms with Crippen LogP contribution in [0, 0.1) is 0 Å². The van der Waals surface area contributed by atoms with Crippen molar-refractivity contribution in [1.29, 1.82) is 0 Å². The molecule has 0 aliphatic heterocycles. The van der Waals surface area contributed by atoms with E-state index in [1.807, 2.05) is 0 Å². The van der Waals surface area contributed by atoms with Crippen LogP contribution in [0.1, 0.15) is 33.2 Å². The summed E-state index contributed by atoms with van der Waals surface area (Å²) in [6.07, 6.45) is -0.897. The van der Waals surface area contributed by atoms with Gasteiger partial charge in [0.15, 0.2) is 6.10 Å². The summed E-state index contributed by atoms with van der Waals surface area (Å²) in [5.74, 6) is -0.878. The Morgan fingerprint density at radius 1 is 1.05 bits per heavy atom. The number of ether oxygens (including phenoxy) is 1. The number of Topliss-reactive ketones (excluding diaryl/α,β-unsaturated/α-hetero) is 1. The first kappa shape index (κ1) is 16.2. The minimum atomic E-state index is -0.897. The minimum Gasteiger partial charge on any atom is -0.451 e. The van der Waals surface area contributed by atoms with Gasteiger partial charge in [-0.15, -0.1) is 0 Å². The highest BCUT2D eigenvalue weighted by molar-refractivity contribution is 6.30. The Kier molecular flexibility index (Phi) is 5.31. The molecule has 0 saturated carbocycles. The van der Waals surface area contributed by atoms with Crippen LogP contribution in [0.4, 0.5) is 0 Å².